The standard InChI is InChI=1S/C24H27N3O3S/c1-2-3-10-27-23(29)20-9-6-18(15-21(20)24(27)30)22(28)25-16-17-4-7-19(8-5-17)26-11-13-31-14-12-26/h4-9,15H,2-3,10-14,16H2,1H3,(H,25,28). The molecule has 2 aliphatic rings. The van der Waals surface area contributed by atoms with Gasteiger partial charge in [-0.15, -0.1) is 0 Å². The van der Waals surface area contributed by atoms with Crippen molar-refractivity contribution >= 4 is 35.2 Å². The molecular weight excluding hydrogens is 410 g/mol. The fourth-order valence-corrected chi connectivity index (χ4v) is 4.78. The van der Waals surface area contributed by atoms with Gasteiger partial charge in [0.05, 0.1) is 11.1 Å². The van der Waals surface area contributed by atoms with E-state index >= 15 is 0 Å². The number of hydrogen-bond donors (Lipinski definition) is 1. The van der Waals surface area contributed by atoms with Gasteiger partial charge in [-0.25, -0.2) is 0 Å². The maximum atomic E-state index is 12.6. The van der Waals surface area contributed by atoms with Gasteiger partial charge in [-0.05, 0) is 42.3 Å². The Labute approximate surface area is 187 Å². The highest BCUT2D eigenvalue weighted by Gasteiger charge is 2.35. The van der Waals surface area contributed by atoms with Crippen LogP contribution in [-0.4, -0.2) is 53.8 Å². The lowest BCUT2D eigenvalue weighted by molar-refractivity contribution is 0.0652. The maximum Gasteiger partial charge on any atom is 0.261 e. The molecule has 0 atom stereocenters. The molecule has 0 aromatic heterocycles. The molecule has 3 amide bonds. The summed E-state index contributed by atoms with van der Waals surface area (Å²) in [6, 6.07) is 13.0. The summed E-state index contributed by atoms with van der Waals surface area (Å²) in [6.07, 6.45) is 1.67. The fraction of sp³-hybridized carbons (Fsp3) is 0.375. The average Bonchev–Trinajstić information content (AvgIpc) is 3.06. The van der Waals surface area contributed by atoms with Crippen LogP contribution in [0.25, 0.3) is 0 Å². The first-order chi connectivity index (χ1) is 15.1. The lowest BCUT2D eigenvalue weighted by atomic mass is 10.1. The number of thioether (sulfide) groups is 1. The molecule has 0 bridgehead atoms. The van der Waals surface area contributed by atoms with E-state index in [9.17, 15) is 14.4 Å². The van der Waals surface area contributed by atoms with Crippen LogP contribution in [0.1, 0.15) is 56.4 Å². The van der Waals surface area contributed by atoms with Crippen LogP contribution in [0.2, 0.25) is 0 Å². The van der Waals surface area contributed by atoms with E-state index < -0.39 is 0 Å². The number of unbranched alkanes of at least 4 members (excludes halogenated alkanes) is 1. The Morgan fingerprint density at radius 3 is 2.42 bits per heavy atom. The summed E-state index contributed by atoms with van der Waals surface area (Å²) >= 11 is 1.99. The minimum atomic E-state index is -0.310. The number of nitrogens with one attached hydrogen (secondary N) is 1. The lowest BCUT2D eigenvalue weighted by Crippen LogP contribution is -2.32. The van der Waals surface area contributed by atoms with Gasteiger partial charge in [0.2, 0.25) is 0 Å². The maximum absolute atomic E-state index is 12.6. The molecule has 2 aromatic carbocycles. The molecule has 4 rings (SSSR count). The van der Waals surface area contributed by atoms with Crippen molar-refractivity contribution in [3.63, 3.8) is 0 Å². The summed E-state index contributed by atoms with van der Waals surface area (Å²) in [7, 11) is 0. The summed E-state index contributed by atoms with van der Waals surface area (Å²) in [5.41, 5.74) is 3.31. The predicted octanol–water partition coefficient (Wildman–Crippen LogP) is 3.57. The van der Waals surface area contributed by atoms with Gasteiger partial charge >= 0.3 is 0 Å². The van der Waals surface area contributed by atoms with Gasteiger partial charge in [0, 0.05) is 48.9 Å². The van der Waals surface area contributed by atoms with Crippen molar-refractivity contribution in [2.75, 3.05) is 36.0 Å². The average molecular weight is 438 g/mol. The zero-order valence-corrected chi connectivity index (χ0v) is 18.5. The van der Waals surface area contributed by atoms with Crippen LogP contribution in [0.4, 0.5) is 5.69 Å². The second-order valence-electron chi connectivity index (χ2n) is 7.82. The van der Waals surface area contributed by atoms with E-state index in [0.717, 1.165) is 43.0 Å². The van der Waals surface area contributed by atoms with Crippen LogP contribution in [0.15, 0.2) is 42.5 Å². The van der Waals surface area contributed by atoms with E-state index in [2.05, 4.69) is 22.3 Å². The van der Waals surface area contributed by atoms with Gasteiger partial charge < -0.3 is 10.2 Å². The summed E-state index contributed by atoms with van der Waals surface area (Å²) < 4.78 is 0. The van der Waals surface area contributed by atoms with E-state index in [-0.39, 0.29) is 17.7 Å². The Morgan fingerprint density at radius 1 is 1.00 bits per heavy atom. The van der Waals surface area contributed by atoms with Crippen LogP contribution in [0.5, 0.6) is 0 Å². The quantitative estimate of drug-likeness (QED) is 0.671. The van der Waals surface area contributed by atoms with Crippen LogP contribution in [-0.2, 0) is 6.54 Å². The lowest BCUT2D eigenvalue weighted by Gasteiger charge is -2.28. The number of amides is 3. The Hall–Kier alpha value is -2.80. The van der Waals surface area contributed by atoms with Crippen LogP contribution >= 0.6 is 11.8 Å². The number of imide groups is 1. The van der Waals surface area contributed by atoms with Crippen LogP contribution in [0, 0.1) is 0 Å². The zero-order chi connectivity index (χ0) is 21.8. The Kier molecular flexibility index (Phi) is 6.61. The van der Waals surface area contributed by atoms with Crippen molar-refractivity contribution in [3.05, 3.63) is 64.7 Å². The van der Waals surface area contributed by atoms with Crippen LogP contribution < -0.4 is 10.2 Å². The van der Waals surface area contributed by atoms with E-state index in [1.165, 1.54) is 16.7 Å². The summed E-state index contributed by atoms with van der Waals surface area (Å²) in [5, 5.41) is 2.91. The monoisotopic (exact) mass is 437 g/mol. The molecule has 0 unspecified atom stereocenters. The van der Waals surface area contributed by atoms with Gasteiger partial charge in [-0.2, -0.15) is 11.8 Å². The first-order valence-electron chi connectivity index (χ1n) is 10.8. The molecule has 1 saturated heterocycles. The van der Waals surface area contributed by atoms with Crippen molar-refractivity contribution < 1.29 is 14.4 Å². The van der Waals surface area contributed by atoms with Gasteiger partial charge in [0.15, 0.2) is 0 Å². The van der Waals surface area contributed by atoms with Crippen molar-refractivity contribution in [1.29, 1.82) is 0 Å². The van der Waals surface area contributed by atoms with Crippen molar-refractivity contribution in [2.24, 2.45) is 0 Å². The molecule has 2 aromatic rings. The molecule has 6 nitrogen and oxygen atoms in total. The SMILES string of the molecule is CCCCN1C(=O)c2ccc(C(=O)NCc3ccc(N4CCSCC4)cc3)cc2C1=O. The van der Waals surface area contributed by atoms with E-state index in [1.807, 2.05) is 30.8 Å². The number of carbonyl (C=O) groups excluding carboxylic acids is 3. The Balaban J connectivity index is 1.38. The highest BCUT2D eigenvalue weighted by atomic mass is 32.2. The van der Waals surface area contributed by atoms with Crippen molar-refractivity contribution in [3.8, 4) is 0 Å². The molecule has 162 valence electrons. The van der Waals surface area contributed by atoms with E-state index in [0.29, 0.717) is 29.8 Å². The molecule has 0 saturated carbocycles. The first kappa shape index (κ1) is 21.4. The first-order valence-corrected chi connectivity index (χ1v) is 11.9. The largest absolute Gasteiger partial charge is 0.370 e. The fourth-order valence-electron chi connectivity index (χ4n) is 3.88. The van der Waals surface area contributed by atoms with Crippen molar-refractivity contribution in [2.45, 2.75) is 26.3 Å². The summed E-state index contributed by atoms with van der Waals surface area (Å²) in [5.74, 6) is 1.47. The minimum absolute atomic E-state index is 0.257. The van der Waals surface area contributed by atoms with Crippen LogP contribution in [0.3, 0.4) is 0 Å². The van der Waals surface area contributed by atoms with E-state index in [4.69, 9.17) is 0 Å². The van der Waals surface area contributed by atoms with Gasteiger partial charge in [-0.1, -0.05) is 25.5 Å². The summed E-state index contributed by atoms with van der Waals surface area (Å²) in [6.45, 7) is 4.96. The molecule has 0 spiro atoms. The number of rotatable bonds is 7. The Morgan fingerprint density at radius 2 is 1.71 bits per heavy atom. The zero-order valence-electron chi connectivity index (χ0n) is 17.7. The second kappa shape index (κ2) is 9.56. The third-order valence-corrected chi connectivity index (χ3v) is 6.68. The molecule has 2 heterocycles. The molecule has 7 heteroatoms. The third-order valence-electron chi connectivity index (χ3n) is 5.73. The van der Waals surface area contributed by atoms with E-state index in [1.54, 1.807) is 12.1 Å². The smallest absolute Gasteiger partial charge is 0.261 e. The molecular formula is C24H27N3O3S. The molecule has 0 radical (unpaired) electrons. The number of carbonyl (C=O) groups is 3. The second-order valence-corrected chi connectivity index (χ2v) is 9.05. The Bertz CT molecular complexity index is 984. The van der Waals surface area contributed by atoms with Gasteiger partial charge in [0.1, 0.15) is 0 Å². The third kappa shape index (κ3) is 4.61. The number of hydrogen-bond acceptors (Lipinski definition) is 5. The number of fused-ring (bicyclic) bond motifs is 1. The minimum Gasteiger partial charge on any atom is -0.370 e. The number of nitrogens with zero attached hydrogens (tertiary/aromatic N) is 2. The highest BCUT2D eigenvalue weighted by Crippen LogP contribution is 2.25. The predicted molar refractivity (Wildman–Crippen MR) is 124 cm³/mol. The molecule has 1 fully saturated rings. The number of anilines is 1. The summed E-state index contributed by atoms with van der Waals surface area (Å²) in [4.78, 5) is 41.3. The molecule has 1 N–H and O–H groups in total. The normalized spacial score (nSPS) is 15.9. The van der Waals surface area contributed by atoms with Gasteiger partial charge in [-0.3, -0.25) is 19.3 Å². The molecule has 2 aliphatic heterocycles. The van der Waals surface area contributed by atoms with Gasteiger partial charge in [0.25, 0.3) is 17.7 Å². The number of benzene rings is 2. The molecule has 0 aliphatic carbocycles. The van der Waals surface area contributed by atoms with Crippen molar-refractivity contribution in [1.82, 2.24) is 10.2 Å². The topological polar surface area (TPSA) is 69.7 Å². The molecule has 31 heavy (non-hydrogen) atoms. The highest BCUT2D eigenvalue weighted by molar-refractivity contribution is 7.99.